The Morgan fingerprint density at radius 3 is 2.86 bits per heavy atom. The summed E-state index contributed by atoms with van der Waals surface area (Å²) in [5, 5.41) is 3.58. The van der Waals surface area contributed by atoms with Crippen molar-refractivity contribution >= 4 is 34.6 Å². The number of fused-ring (bicyclic) bond motifs is 1. The molecule has 1 aliphatic rings. The van der Waals surface area contributed by atoms with Crippen LogP contribution in [0, 0.1) is 0 Å². The van der Waals surface area contributed by atoms with E-state index in [1.54, 1.807) is 0 Å². The van der Waals surface area contributed by atoms with Gasteiger partial charge in [-0.15, -0.1) is 0 Å². The van der Waals surface area contributed by atoms with Crippen molar-refractivity contribution in [3.63, 3.8) is 0 Å². The van der Waals surface area contributed by atoms with E-state index in [0.717, 1.165) is 27.5 Å². The highest BCUT2D eigenvalue weighted by Gasteiger charge is 2.20. The Kier molecular flexibility index (Phi) is 3.47. The third-order valence-corrected chi connectivity index (χ3v) is 4.02. The molecule has 1 aliphatic heterocycles. The third kappa shape index (κ3) is 2.67. The SMILES string of the molecule is CN(Cc1ccccc1Cl)c1cc2c(cc1N)CC(=O)N2. The highest BCUT2D eigenvalue weighted by Crippen LogP contribution is 2.34. The molecule has 0 aromatic heterocycles. The predicted molar refractivity (Wildman–Crippen MR) is 86.7 cm³/mol. The number of nitrogens with zero attached hydrogens (tertiary/aromatic N) is 1. The van der Waals surface area contributed by atoms with Crippen molar-refractivity contribution in [1.82, 2.24) is 0 Å². The molecule has 0 spiro atoms. The summed E-state index contributed by atoms with van der Waals surface area (Å²) >= 11 is 6.19. The van der Waals surface area contributed by atoms with Crippen LogP contribution in [0.3, 0.4) is 0 Å². The quantitative estimate of drug-likeness (QED) is 0.857. The van der Waals surface area contributed by atoms with E-state index >= 15 is 0 Å². The van der Waals surface area contributed by atoms with E-state index in [-0.39, 0.29) is 5.91 Å². The lowest BCUT2D eigenvalue weighted by Gasteiger charge is -2.22. The number of anilines is 3. The second-order valence-electron chi connectivity index (χ2n) is 5.24. The standard InChI is InChI=1S/C16H16ClN3O/c1-20(9-10-4-2-3-5-12(10)17)15-8-14-11(6-13(15)18)7-16(21)19-14/h2-6,8H,7,9,18H2,1H3,(H,19,21). The molecule has 0 unspecified atom stereocenters. The van der Waals surface area contributed by atoms with Gasteiger partial charge in [0, 0.05) is 24.3 Å². The van der Waals surface area contributed by atoms with Gasteiger partial charge in [0.05, 0.1) is 17.8 Å². The number of carbonyl (C=O) groups excluding carboxylic acids is 1. The van der Waals surface area contributed by atoms with E-state index in [4.69, 9.17) is 17.3 Å². The number of hydrogen-bond donors (Lipinski definition) is 2. The van der Waals surface area contributed by atoms with Gasteiger partial charge in [-0.25, -0.2) is 0 Å². The molecule has 0 bridgehead atoms. The zero-order valence-corrected chi connectivity index (χ0v) is 12.4. The topological polar surface area (TPSA) is 58.4 Å². The minimum absolute atomic E-state index is 0.00954. The average molecular weight is 302 g/mol. The normalized spacial score (nSPS) is 13.0. The third-order valence-electron chi connectivity index (χ3n) is 3.65. The maximum atomic E-state index is 11.4. The molecule has 0 aliphatic carbocycles. The fourth-order valence-electron chi connectivity index (χ4n) is 2.58. The number of hydrogen-bond acceptors (Lipinski definition) is 3. The van der Waals surface area contributed by atoms with Crippen molar-refractivity contribution in [1.29, 1.82) is 0 Å². The molecular weight excluding hydrogens is 286 g/mol. The molecule has 0 radical (unpaired) electrons. The molecule has 0 fully saturated rings. The second kappa shape index (κ2) is 5.30. The molecule has 0 saturated heterocycles. The lowest BCUT2D eigenvalue weighted by atomic mass is 10.1. The summed E-state index contributed by atoms with van der Waals surface area (Å²) in [5.74, 6) is 0.00954. The molecule has 21 heavy (non-hydrogen) atoms. The first kappa shape index (κ1) is 13.8. The Labute approximate surface area is 128 Å². The Hall–Kier alpha value is -2.20. The number of nitrogens with two attached hydrogens (primary N) is 1. The number of rotatable bonds is 3. The molecule has 3 N–H and O–H groups in total. The van der Waals surface area contributed by atoms with Gasteiger partial charge in [0.2, 0.25) is 5.91 Å². The van der Waals surface area contributed by atoms with Gasteiger partial charge in [0.15, 0.2) is 0 Å². The van der Waals surface area contributed by atoms with Gasteiger partial charge < -0.3 is 16.0 Å². The van der Waals surface area contributed by atoms with Crippen LogP contribution >= 0.6 is 11.6 Å². The van der Waals surface area contributed by atoms with Gasteiger partial charge in [-0.1, -0.05) is 29.8 Å². The van der Waals surface area contributed by atoms with E-state index in [1.807, 2.05) is 48.3 Å². The summed E-state index contributed by atoms with van der Waals surface area (Å²) in [6.07, 6.45) is 0.397. The first-order valence-electron chi connectivity index (χ1n) is 6.71. The monoisotopic (exact) mass is 301 g/mol. The molecule has 4 nitrogen and oxygen atoms in total. The van der Waals surface area contributed by atoms with Crippen LogP contribution in [0.1, 0.15) is 11.1 Å². The maximum absolute atomic E-state index is 11.4. The summed E-state index contributed by atoms with van der Waals surface area (Å²) in [5.41, 5.74) is 10.5. The smallest absolute Gasteiger partial charge is 0.228 e. The number of benzene rings is 2. The summed E-state index contributed by atoms with van der Waals surface area (Å²) in [6.45, 7) is 0.649. The number of carbonyl (C=O) groups is 1. The zero-order valence-electron chi connectivity index (χ0n) is 11.7. The van der Waals surface area contributed by atoms with Crippen molar-refractivity contribution in [3.05, 3.63) is 52.5 Å². The van der Waals surface area contributed by atoms with Gasteiger partial charge in [-0.3, -0.25) is 4.79 Å². The van der Waals surface area contributed by atoms with Gasteiger partial charge in [0.1, 0.15) is 0 Å². The van der Waals surface area contributed by atoms with Gasteiger partial charge >= 0.3 is 0 Å². The number of nitrogen functional groups attached to an aromatic ring is 1. The summed E-state index contributed by atoms with van der Waals surface area (Å²) in [6, 6.07) is 11.5. The highest BCUT2D eigenvalue weighted by molar-refractivity contribution is 6.31. The molecule has 108 valence electrons. The fourth-order valence-corrected chi connectivity index (χ4v) is 2.78. The van der Waals surface area contributed by atoms with E-state index in [2.05, 4.69) is 5.32 Å². The molecule has 5 heteroatoms. The van der Waals surface area contributed by atoms with E-state index < -0.39 is 0 Å². The highest BCUT2D eigenvalue weighted by atomic mass is 35.5. The molecule has 2 aromatic carbocycles. The van der Waals surface area contributed by atoms with Crippen LogP contribution in [-0.4, -0.2) is 13.0 Å². The van der Waals surface area contributed by atoms with Crippen LogP contribution in [0.25, 0.3) is 0 Å². The van der Waals surface area contributed by atoms with Crippen molar-refractivity contribution in [3.8, 4) is 0 Å². The molecule has 2 aromatic rings. The van der Waals surface area contributed by atoms with Crippen LogP contribution in [0.4, 0.5) is 17.1 Å². The number of nitrogens with one attached hydrogen (secondary N) is 1. The minimum Gasteiger partial charge on any atom is -0.397 e. The lowest BCUT2D eigenvalue weighted by Crippen LogP contribution is -2.18. The van der Waals surface area contributed by atoms with Crippen molar-refractivity contribution in [2.75, 3.05) is 23.0 Å². The lowest BCUT2D eigenvalue weighted by molar-refractivity contribution is -0.115. The summed E-state index contributed by atoms with van der Waals surface area (Å²) < 4.78 is 0. The largest absolute Gasteiger partial charge is 0.397 e. The first-order valence-corrected chi connectivity index (χ1v) is 7.09. The van der Waals surface area contributed by atoms with Crippen LogP contribution in [0.2, 0.25) is 5.02 Å². The van der Waals surface area contributed by atoms with Gasteiger partial charge in [-0.05, 0) is 29.3 Å². The summed E-state index contributed by atoms with van der Waals surface area (Å²) in [4.78, 5) is 13.5. The number of halogens is 1. The first-order chi connectivity index (χ1) is 10.0. The second-order valence-corrected chi connectivity index (χ2v) is 5.65. The zero-order chi connectivity index (χ0) is 15.0. The molecule has 1 heterocycles. The summed E-state index contributed by atoms with van der Waals surface area (Å²) in [7, 11) is 1.96. The van der Waals surface area contributed by atoms with Gasteiger partial charge in [-0.2, -0.15) is 0 Å². The Morgan fingerprint density at radius 1 is 1.33 bits per heavy atom. The van der Waals surface area contributed by atoms with Crippen LogP contribution in [-0.2, 0) is 17.8 Å². The van der Waals surface area contributed by atoms with Crippen molar-refractivity contribution in [2.24, 2.45) is 0 Å². The molecular formula is C16H16ClN3O. The van der Waals surface area contributed by atoms with Crippen LogP contribution in [0.5, 0.6) is 0 Å². The van der Waals surface area contributed by atoms with E-state index in [9.17, 15) is 4.79 Å². The predicted octanol–water partition coefficient (Wildman–Crippen LogP) is 3.05. The molecule has 1 amide bonds. The minimum atomic E-state index is 0.00954. The molecule has 3 rings (SSSR count). The van der Waals surface area contributed by atoms with Crippen molar-refractivity contribution in [2.45, 2.75) is 13.0 Å². The molecule has 0 atom stereocenters. The Morgan fingerprint density at radius 2 is 2.10 bits per heavy atom. The van der Waals surface area contributed by atoms with E-state index in [1.165, 1.54) is 0 Å². The molecule has 0 saturated carbocycles. The maximum Gasteiger partial charge on any atom is 0.228 e. The Bertz CT molecular complexity index is 715. The van der Waals surface area contributed by atoms with Crippen LogP contribution in [0.15, 0.2) is 36.4 Å². The van der Waals surface area contributed by atoms with E-state index in [0.29, 0.717) is 18.7 Å². The Balaban J connectivity index is 1.89. The fraction of sp³-hybridized carbons (Fsp3) is 0.188. The average Bonchev–Trinajstić information content (AvgIpc) is 2.79. The van der Waals surface area contributed by atoms with Crippen molar-refractivity contribution < 1.29 is 4.79 Å². The van der Waals surface area contributed by atoms with Gasteiger partial charge in [0.25, 0.3) is 0 Å². The number of amides is 1. The van der Waals surface area contributed by atoms with Crippen LogP contribution < -0.4 is 16.0 Å².